The van der Waals surface area contributed by atoms with Crippen LogP contribution in [0.2, 0.25) is 0 Å². The van der Waals surface area contributed by atoms with E-state index in [1.807, 2.05) is 6.92 Å². The molecule has 100 valence electrons. The minimum absolute atomic E-state index is 0.529. The summed E-state index contributed by atoms with van der Waals surface area (Å²) in [6, 6.07) is 2.49. The van der Waals surface area contributed by atoms with Gasteiger partial charge in [0.2, 0.25) is 5.79 Å². The van der Waals surface area contributed by atoms with Gasteiger partial charge < -0.3 is 9.47 Å². The molecule has 1 spiro atoms. The van der Waals surface area contributed by atoms with Crippen LogP contribution in [0.5, 0.6) is 0 Å². The van der Waals surface area contributed by atoms with Crippen molar-refractivity contribution in [3.05, 3.63) is 0 Å². The van der Waals surface area contributed by atoms with Crippen LogP contribution in [-0.4, -0.2) is 24.8 Å². The first-order valence-electron chi connectivity index (χ1n) is 6.59. The molecule has 4 rings (SSSR count). The molecule has 1 saturated carbocycles. The van der Waals surface area contributed by atoms with Crippen LogP contribution in [0, 0.1) is 16.7 Å². The highest BCUT2D eigenvalue weighted by molar-refractivity contribution is 5.17. The average molecular weight is 253 g/mol. The number of hydrogen-bond donors (Lipinski definition) is 0. The first-order chi connectivity index (χ1) is 8.60. The van der Waals surface area contributed by atoms with Crippen LogP contribution in [0.3, 0.4) is 0 Å². The van der Waals surface area contributed by atoms with Gasteiger partial charge in [-0.2, -0.15) is 5.26 Å². The van der Waals surface area contributed by atoms with E-state index in [0.717, 1.165) is 32.1 Å². The summed E-state index contributed by atoms with van der Waals surface area (Å²) < 4.78 is 11.4. The summed E-state index contributed by atoms with van der Waals surface area (Å²) in [6.45, 7) is 1.84. The van der Waals surface area contributed by atoms with Crippen molar-refractivity contribution < 1.29 is 19.2 Å². The first-order valence-corrected chi connectivity index (χ1v) is 6.59. The zero-order valence-electron chi connectivity index (χ0n) is 10.9. The number of hydrogen-bond acceptors (Lipinski definition) is 5. The molecule has 5 nitrogen and oxygen atoms in total. The van der Waals surface area contributed by atoms with E-state index in [-0.39, 0.29) is 0 Å². The molecule has 5 heteroatoms. The number of nitrogens with zero attached hydrogens (tertiary/aromatic N) is 1. The maximum Gasteiger partial charge on any atom is 0.201 e. The van der Waals surface area contributed by atoms with Gasteiger partial charge in [-0.15, -0.1) is 0 Å². The van der Waals surface area contributed by atoms with Gasteiger partial charge in [0.1, 0.15) is 0 Å². The standard InChI is InChI=1S/C13H19NO4/c1-11-7-8-12(9-14)5-3-4-6-13(12,18-17-11)10(15-2)16-11/h10H,3-8H2,1-2H3/t10?,11-,12-,13-/m0/s1. The van der Waals surface area contributed by atoms with Crippen molar-refractivity contribution in [3.63, 3.8) is 0 Å². The molecule has 3 saturated heterocycles. The van der Waals surface area contributed by atoms with Crippen molar-refractivity contribution in [1.82, 2.24) is 0 Å². The Kier molecular flexibility index (Phi) is 2.69. The molecular weight excluding hydrogens is 234 g/mol. The Hall–Kier alpha value is -0.670. The molecular formula is C13H19NO4. The Labute approximate surface area is 107 Å². The summed E-state index contributed by atoms with van der Waals surface area (Å²) in [5, 5.41) is 9.72. The zero-order valence-corrected chi connectivity index (χ0v) is 10.9. The van der Waals surface area contributed by atoms with E-state index in [2.05, 4.69) is 6.07 Å². The highest BCUT2D eigenvalue weighted by atomic mass is 17.3. The minimum atomic E-state index is -0.798. The zero-order chi connectivity index (χ0) is 12.9. The number of ether oxygens (including phenoxy) is 2. The molecule has 0 aromatic rings. The third kappa shape index (κ3) is 1.41. The first kappa shape index (κ1) is 12.4. The lowest BCUT2D eigenvalue weighted by Gasteiger charge is -2.52. The Morgan fingerprint density at radius 3 is 2.67 bits per heavy atom. The van der Waals surface area contributed by atoms with Crippen LogP contribution in [0.1, 0.15) is 45.4 Å². The van der Waals surface area contributed by atoms with E-state index in [4.69, 9.17) is 19.2 Å². The lowest BCUT2D eigenvalue weighted by Crippen LogP contribution is -2.63. The van der Waals surface area contributed by atoms with Crippen molar-refractivity contribution in [1.29, 1.82) is 5.26 Å². The molecule has 4 fully saturated rings. The predicted molar refractivity (Wildman–Crippen MR) is 60.9 cm³/mol. The van der Waals surface area contributed by atoms with Gasteiger partial charge in [-0.1, -0.05) is 12.8 Å². The van der Waals surface area contributed by atoms with Crippen molar-refractivity contribution in [2.45, 2.75) is 63.1 Å². The van der Waals surface area contributed by atoms with Crippen LogP contribution < -0.4 is 0 Å². The molecule has 3 aliphatic heterocycles. The lowest BCUT2D eigenvalue weighted by atomic mass is 9.61. The maximum absolute atomic E-state index is 9.72. The van der Waals surface area contributed by atoms with E-state index in [1.54, 1.807) is 7.11 Å². The summed E-state index contributed by atoms with van der Waals surface area (Å²) in [7, 11) is 1.60. The highest BCUT2D eigenvalue weighted by Gasteiger charge is 2.67. The van der Waals surface area contributed by atoms with Crippen LogP contribution in [0.25, 0.3) is 0 Å². The third-order valence-electron chi connectivity index (χ3n) is 4.75. The van der Waals surface area contributed by atoms with Gasteiger partial charge in [-0.25, -0.2) is 9.78 Å². The second-order valence-corrected chi connectivity index (χ2v) is 5.78. The van der Waals surface area contributed by atoms with Gasteiger partial charge in [0.05, 0.1) is 11.5 Å². The van der Waals surface area contributed by atoms with Gasteiger partial charge >= 0.3 is 0 Å². The van der Waals surface area contributed by atoms with E-state index in [1.165, 1.54) is 0 Å². The monoisotopic (exact) mass is 253 g/mol. The summed E-state index contributed by atoms with van der Waals surface area (Å²) in [5.74, 6) is -0.798. The van der Waals surface area contributed by atoms with Crippen LogP contribution in [0.15, 0.2) is 0 Å². The summed E-state index contributed by atoms with van der Waals surface area (Å²) >= 11 is 0. The molecule has 0 amide bonds. The largest absolute Gasteiger partial charge is 0.353 e. The molecule has 4 atom stereocenters. The maximum atomic E-state index is 9.72. The van der Waals surface area contributed by atoms with Gasteiger partial charge in [-0.05, 0) is 26.2 Å². The molecule has 0 aromatic carbocycles. The molecule has 3 heterocycles. The Morgan fingerprint density at radius 1 is 1.17 bits per heavy atom. The van der Waals surface area contributed by atoms with E-state index < -0.39 is 23.1 Å². The molecule has 0 aromatic heterocycles. The molecule has 0 N–H and O–H groups in total. The van der Waals surface area contributed by atoms with E-state index in [0.29, 0.717) is 6.42 Å². The molecule has 2 bridgehead atoms. The van der Waals surface area contributed by atoms with E-state index in [9.17, 15) is 5.26 Å². The quantitative estimate of drug-likeness (QED) is 0.671. The summed E-state index contributed by atoms with van der Waals surface area (Å²) in [6.07, 6.45) is 4.49. The van der Waals surface area contributed by atoms with Crippen molar-refractivity contribution in [2.75, 3.05) is 7.11 Å². The number of nitriles is 1. The summed E-state index contributed by atoms with van der Waals surface area (Å²) in [5.41, 5.74) is -1.33. The number of rotatable bonds is 1. The van der Waals surface area contributed by atoms with Crippen LogP contribution >= 0.6 is 0 Å². The van der Waals surface area contributed by atoms with E-state index >= 15 is 0 Å². The Morgan fingerprint density at radius 2 is 1.94 bits per heavy atom. The molecule has 1 unspecified atom stereocenters. The lowest BCUT2D eigenvalue weighted by molar-refractivity contribution is -0.551. The normalized spacial score (nSPS) is 51.3. The minimum Gasteiger partial charge on any atom is -0.353 e. The second kappa shape index (κ2) is 3.91. The van der Waals surface area contributed by atoms with Crippen molar-refractivity contribution >= 4 is 0 Å². The second-order valence-electron chi connectivity index (χ2n) is 5.78. The number of fused-ring (bicyclic) bond motifs is 3. The summed E-state index contributed by atoms with van der Waals surface area (Å²) in [4.78, 5) is 11.2. The third-order valence-corrected chi connectivity index (χ3v) is 4.75. The van der Waals surface area contributed by atoms with Crippen LogP contribution in [-0.2, 0) is 19.2 Å². The Bertz CT molecular complexity index is 395. The molecule has 1 aliphatic carbocycles. The van der Waals surface area contributed by atoms with Crippen LogP contribution in [0.4, 0.5) is 0 Å². The SMILES string of the molecule is COC1O[C@]2(C)CC[C@]3(C#N)CCCC[C@]13OO2. The van der Waals surface area contributed by atoms with Gasteiger partial charge in [0, 0.05) is 13.5 Å². The van der Waals surface area contributed by atoms with Gasteiger partial charge in [0.15, 0.2) is 11.9 Å². The fraction of sp³-hybridized carbons (Fsp3) is 0.923. The molecule has 18 heavy (non-hydrogen) atoms. The van der Waals surface area contributed by atoms with Crippen molar-refractivity contribution in [2.24, 2.45) is 5.41 Å². The highest BCUT2D eigenvalue weighted by Crippen LogP contribution is 2.58. The number of methoxy groups -OCH3 is 1. The average Bonchev–Trinajstić information content (AvgIpc) is 2.60. The fourth-order valence-corrected chi connectivity index (χ4v) is 3.60. The topological polar surface area (TPSA) is 60.7 Å². The predicted octanol–water partition coefficient (Wildman–Crippen LogP) is 2.27. The fourth-order valence-electron chi connectivity index (χ4n) is 3.60. The van der Waals surface area contributed by atoms with Gasteiger partial charge in [0.25, 0.3) is 0 Å². The smallest absolute Gasteiger partial charge is 0.201 e. The van der Waals surface area contributed by atoms with Gasteiger partial charge in [-0.3, -0.25) is 0 Å². The molecule has 0 radical (unpaired) electrons. The molecule has 4 aliphatic rings. The van der Waals surface area contributed by atoms with Crippen molar-refractivity contribution in [3.8, 4) is 6.07 Å². The Balaban J connectivity index is 2.10.